The Bertz CT molecular complexity index is 1260. The van der Waals surface area contributed by atoms with E-state index in [2.05, 4.69) is 28.6 Å². The Kier molecular flexibility index (Phi) is 11.5. The van der Waals surface area contributed by atoms with Crippen LogP contribution in [0.1, 0.15) is 34.4 Å². The molecule has 0 bridgehead atoms. The van der Waals surface area contributed by atoms with Crippen molar-refractivity contribution in [2.24, 2.45) is 0 Å². The van der Waals surface area contributed by atoms with Crippen molar-refractivity contribution in [3.8, 4) is 11.5 Å². The molecule has 1 saturated heterocycles. The van der Waals surface area contributed by atoms with Crippen LogP contribution >= 0.6 is 11.3 Å². The maximum absolute atomic E-state index is 13.9. The van der Waals surface area contributed by atoms with E-state index in [0.717, 1.165) is 35.6 Å². The Balaban J connectivity index is 1.47. The van der Waals surface area contributed by atoms with Crippen LogP contribution in [0, 0.1) is 6.92 Å². The molecule has 0 aliphatic carbocycles. The lowest BCUT2D eigenvalue weighted by Crippen LogP contribution is -2.49. The fourth-order valence-corrected chi connectivity index (χ4v) is 5.92. The minimum atomic E-state index is -0.214. The molecule has 2 aromatic carbocycles. The molecule has 1 N–H and O–H groups in total. The summed E-state index contributed by atoms with van der Waals surface area (Å²) >= 11 is 1.66. The first-order chi connectivity index (χ1) is 20.0. The minimum absolute atomic E-state index is 0.0326. The van der Waals surface area contributed by atoms with Crippen molar-refractivity contribution >= 4 is 23.3 Å². The monoisotopic (exact) mass is 578 g/mol. The first-order valence-corrected chi connectivity index (χ1v) is 15.2. The first kappa shape index (κ1) is 30.4. The van der Waals surface area contributed by atoms with Crippen molar-refractivity contribution in [3.05, 3.63) is 81.5 Å². The van der Waals surface area contributed by atoms with E-state index < -0.39 is 0 Å². The van der Waals surface area contributed by atoms with Crippen LogP contribution in [0.5, 0.6) is 11.5 Å². The standard InChI is InChI=1S/C32H42N4O4S/c1-25-14-20-41-30(25)23-35(17-13-26-11-12-28(39-2)29(21-26)40-3)31(37)24-36(19-18-34-15-7-8-16-34)32(38)33-22-27-9-5-4-6-10-27/h4-6,9-12,14,20-21H,7-8,13,15-19,22-24H2,1-3H3,(H,33,38). The molecule has 41 heavy (non-hydrogen) atoms. The van der Waals surface area contributed by atoms with Gasteiger partial charge in [0, 0.05) is 31.1 Å². The highest BCUT2D eigenvalue weighted by Crippen LogP contribution is 2.28. The molecule has 1 aromatic heterocycles. The first-order valence-electron chi connectivity index (χ1n) is 14.3. The van der Waals surface area contributed by atoms with E-state index in [4.69, 9.17) is 9.47 Å². The molecule has 0 saturated carbocycles. The molecule has 220 valence electrons. The molecule has 1 aliphatic rings. The van der Waals surface area contributed by atoms with Gasteiger partial charge in [-0.3, -0.25) is 4.79 Å². The van der Waals surface area contributed by atoms with Crippen LogP contribution in [0.4, 0.5) is 4.79 Å². The third-order valence-corrected chi connectivity index (χ3v) is 8.57. The number of likely N-dealkylation sites (tertiary alicyclic amines) is 1. The molecule has 0 atom stereocenters. The average molecular weight is 579 g/mol. The summed E-state index contributed by atoms with van der Waals surface area (Å²) in [5, 5.41) is 5.09. The Labute approximate surface area is 247 Å². The fourth-order valence-electron chi connectivity index (χ4n) is 5.00. The Morgan fingerprint density at radius 1 is 0.927 bits per heavy atom. The summed E-state index contributed by atoms with van der Waals surface area (Å²) in [6.07, 6.45) is 3.02. The molecule has 3 aromatic rings. The number of methoxy groups -OCH3 is 2. The van der Waals surface area contributed by atoms with Gasteiger partial charge in [-0.1, -0.05) is 36.4 Å². The fraction of sp³-hybridized carbons (Fsp3) is 0.438. The number of hydrogen-bond acceptors (Lipinski definition) is 6. The van der Waals surface area contributed by atoms with Crippen LogP contribution in [0.3, 0.4) is 0 Å². The molecule has 1 fully saturated rings. The number of carbonyl (C=O) groups is 2. The molecule has 8 nitrogen and oxygen atoms in total. The summed E-state index contributed by atoms with van der Waals surface area (Å²) in [4.78, 5) is 34.3. The van der Waals surface area contributed by atoms with E-state index in [1.54, 1.807) is 30.5 Å². The van der Waals surface area contributed by atoms with Crippen molar-refractivity contribution in [2.75, 3.05) is 53.5 Å². The molecule has 4 rings (SSSR count). The number of amides is 3. The third-order valence-electron chi connectivity index (χ3n) is 7.56. The Morgan fingerprint density at radius 3 is 2.37 bits per heavy atom. The van der Waals surface area contributed by atoms with Gasteiger partial charge in [-0.15, -0.1) is 11.3 Å². The van der Waals surface area contributed by atoms with Crippen LogP contribution in [0.2, 0.25) is 0 Å². The number of urea groups is 1. The highest BCUT2D eigenvalue weighted by Gasteiger charge is 2.24. The van der Waals surface area contributed by atoms with Crippen molar-refractivity contribution in [1.82, 2.24) is 20.0 Å². The maximum Gasteiger partial charge on any atom is 0.318 e. The highest BCUT2D eigenvalue weighted by atomic mass is 32.1. The smallest absolute Gasteiger partial charge is 0.318 e. The summed E-state index contributed by atoms with van der Waals surface area (Å²) in [6, 6.07) is 17.6. The molecule has 0 unspecified atom stereocenters. The second-order valence-corrected chi connectivity index (χ2v) is 11.4. The summed E-state index contributed by atoms with van der Waals surface area (Å²) < 4.78 is 10.9. The molecule has 9 heteroatoms. The summed E-state index contributed by atoms with van der Waals surface area (Å²) in [5.74, 6) is 1.28. The SMILES string of the molecule is COc1ccc(CCN(Cc2sccc2C)C(=O)CN(CCN2CCCC2)C(=O)NCc2ccccc2)cc1OC. The van der Waals surface area contributed by atoms with Gasteiger partial charge in [-0.2, -0.15) is 0 Å². The van der Waals surface area contributed by atoms with Gasteiger partial charge in [0.1, 0.15) is 6.54 Å². The van der Waals surface area contributed by atoms with Crippen LogP contribution < -0.4 is 14.8 Å². The number of thiophene rings is 1. The van der Waals surface area contributed by atoms with Gasteiger partial charge in [-0.05, 0) is 79.5 Å². The molecule has 1 aliphatic heterocycles. The predicted octanol–water partition coefficient (Wildman–Crippen LogP) is 4.95. The van der Waals surface area contributed by atoms with Gasteiger partial charge < -0.3 is 29.5 Å². The lowest BCUT2D eigenvalue weighted by atomic mass is 10.1. The highest BCUT2D eigenvalue weighted by molar-refractivity contribution is 7.10. The zero-order valence-corrected chi connectivity index (χ0v) is 25.3. The summed E-state index contributed by atoms with van der Waals surface area (Å²) in [6.45, 7) is 6.93. The van der Waals surface area contributed by atoms with Crippen LogP contribution in [-0.4, -0.2) is 80.1 Å². The van der Waals surface area contributed by atoms with Gasteiger partial charge >= 0.3 is 6.03 Å². The lowest BCUT2D eigenvalue weighted by molar-refractivity contribution is -0.132. The Morgan fingerprint density at radius 2 is 1.68 bits per heavy atom. The van der Waals surface area contributed by atoms with Gasteiger partial charge in [-0.25, -0.2) is 4.79 Å². The van der Waals surface area contributed by atoms with Crippen LogP contribution in [0.15, 0.2) is 60.0 Å². The number of carbonyl (C=O) groups excluding carboxylic acids is 2. The van der Waals surface area contributed by atoms with E-state index >= 15 is 0 Å². The van der Waals surface area contributed by atoms with Crippen LogP contribution in [0.25, 0.3) is 0 Å². The van der Waals surface area contributed by atoms with Gasteiger partial charge in [0.15, 0.2) is 11.5 Å². The van der Waals surface area contributed by atoms with Gasteiger partial charge in [0.2, 0.25) is 5.91 Å². The lowest BCUT2D eigenvalue weighted by Gasteiger charge is -2.29. The number of nitrogens with zero attached hydrogens (tertiary/aromatic N) is 3. The zero-order chi connectivity index (χ0) is 29.0. The molecule has 0 radical (unpaired) electrons. The second-order valence-electron chi connectivity index (χ2n) is 10.4. The van der Waals surface area contributed by atoms with Crippen molar-refractivity contribution in [2.45, 2.75) is 39.3 Å². The van der Waals surface area contributed by atoms with E-state index in [-0.39, 0.29) is 18.5 Å². The number of ether oxygens (including phenoxy) is 2. The minimum Gasteiger partial charge on any atom is -0.493 e. The second kappa shape index (κ2) is 15.4. The predicted molar refractivity (Wildman–Crippen MR) is 164 cm³/mol. The van der Waals surface area contributed by atoms with Crippen LogP contribution in [-0.2, 0) is 24.3 Å². The average Bonchev–Trinajstić information content (AvgIpc) is 3.67. The van der Waals surface area contributed by atoms with Gasteiger partial charge in [0.25, 0.3) is 0 Å². The largest absolute Gasteiger partial charge is 0.493 e. The number of rotatable bonds is 14. The zero-order valence-electron chi connectivity index (χ0n) is 24.4. The molecular weight excluding hydrogens is 536 g/mol. The number of hydrogen-bond donors (Lipinski definition) is 1. The number of benzene rings is 2. The summed E-state index contributed by atoms with van der Waals surface area (Å²) in [5.41, 5.74) is 3.25. The van der Waals surface area contributed by atoms with Crippen molar-refractivity contribution in [3.63, 3.8) is 0 Å². The topological polar surface area (TPSA) is 74.4 Å². The molecule has 2 heterocycles. The Hall–Kier alpha value is -3.56. The third kappa shape index (κ3) is 8.96. The normalized spacial score (nSPS) is 13.1. The van der Waals surface area contributed by atoms with Crippen molar-refractivity contribution in [1.29, 1.82) is 0 Å². The van der Waals surface area contributed by atoms with E-state index in [0.29, 0.717) is 44.1 Å². The van der Waals surface area contributed by atoms with E-state index in [9.17, 15) is 9.59 Å². The van der Waals surface area contributed by atoms with Gasteiger partial charge in [0.05, 0.1) is 20.8 Å². The maximum atomic E-state index is 13.9. The van der Waals surface area contributed by atoms with E-state index in [1.165, 1.54) is 18.4 Å². The van der Waals surface area contributed by atoms with E-state index in [1.807, 2.05) is 53.4 Å². The molecular formula is C32H42N4O4S. The molecule has 0 spiro atoms. The molecule has 3 amide bonds. The number of nitrogens with one attached hydrogen (secondary N) is 1. The summed E-state index contributed by atoms with van der Waals surface area (Å²) in [7, 11) is 3.24. The number of aryl methyl sites for hydroxylation is 1. The quantitative estimate of drug-likeness (QED) is 0.293. The van der Waals surface area contributed by atoms with Crippen molar-refractivity contribution < 1.29 is 19.1 Å².